The molecular formula is C11H19NO2. The van der Waals surface area contributed by atoms with Gasteiger partial charge in [0.2, 0.25) is 0 Å². The summed E-state index contributed by atoms with van der Waals surface area (Å²) in [5.41, 5.74) is 0. The quantitative estimate of drug-likeness (QED) is 0.657. The van der Waals surface area contributed by atoms with Crippen molar-refractivity contribution in [2.45, 2.75) is 39.7 Å². The van der Waals surface area contributed by atoms with E-state index in [0.717, 1.165) is 19.4 Å². The predicted octanol–water partition coefficient (Wildman–Crippen LogP) is 1.58. The van der Waals surface area contributed by atoms with Crippen LogP contribution < -0.4 is 0 Å². The van der Waals surface area contributed by atoms with Gasteiger partial charge >= 0.3 is 5.97 Å². The molecule has 1 unspecified atom stereocenters. The predicted molar refractivity (Wildman–Crippen MR) is 57.0 cm³/mol. The Kier molecular flexibility index (Phi) is 6.87. The van der Waals surface area contributed by atoms with Gasteiger partial charge in [-0.1, -0.05) is 6.92 Å². The fourth-order valence-electron chi connectivity index (χ4n) is 1.21. The van der Waals surface area contributed by atoms with Crippen LogP contribution in [-0.2, 0) is 4.79 Å². The molecule has 14 heavy (non-hydrogen) atoms. The van der Waals surface area contributed by atoms with Gasteiger partial charge in [0, 0.05) is 19.0 Å². The van der Waals surface area contributed by atoms with Crippen molar-refractivity contribution in [1.29, 1.82) is 0 Å². The maximum absolute atomic E-state index is 10.6. The first-order valence-electron chi connectivity index (χ1n) is 4.97. The molecule has 1 N–H and O–H groups in total. The van der Waals surface area contributed by atoms with Crippen LogP contribution in [0, 0.1) is 11.8 Å². The first-order chi connectivity index (χ1) is 6.61. The zero-order valence-electron chi connectivity index (χ0n) is 9.21. The molecule has 0 rings (SSSR count). The number of carbonyl (C=O) groups is 1. The minimum atomic E-state index is -0.769. The second-order valence-electron chi connectivity index (χ2n) is 3.30. The van der Waals surface area contributed by atoms with Crippen LogP contribution in [0.3, 0.4) is 0 Å². The summed E-state index contributed by atoms with van der Waals surface area (Å²) < 4.78 is 0. The van der Waals surface area contributed by atoms with E-state index in [1.165, 1.54) is 0 Å². The Morgan fingerprint density at radius 2 is 2.21 bits per heavy atom. The average molecular weight is 197 g/mol. The zero-order chi connectivity index (χ0) is 11.0. The number of nitrogens with zero attached hydrogens (tertiary/aromatic N) is 1. The van der Waals surface area contributed by atoms with Crippen LogP contribution in [0.25, 0.3) is 0 Å². The molecule has 80 valence electrons. The molecule has 0 aliphatic rings. The van der Waals surface area contributed by atoms with Gasteiger partial charge < -0.3 is 5.11 Å². The molecule has 0 aliphatic carbocycles. The maximum atomic E-state index is 10.6. The third-order valence-corrected chi connectivity index (χ3v) is 2.25. The molecule has 0 aromatic rings. The first-order valence-corrected chi connectivity index (χ1v) is 4.97. The van der Waals surface area contributed by atoms with E-state index in [4.69, 9.17) is 5.11 Å². The third-order valence-electron chi connectivity index (χ3n) is 2.25. The van der Waals surface area contributed by atoms with Crippen LogP contribution in [0.15, 0.2) is 0 Å². The molecule has 3 heteroatoms. The van der Waals surface area contributed by atoms with E-state index >= 15 is 0 Å². The van der Waals surface area contributed by atoms with Gasteiger partial charge in [-0.2, -0.15) is 0 Å². The SMILES string of the molecule is CC#CCCN(CC(=O)O)C(C)CC. The molecule has 0 radical (unpaired) electrons. The van der Waals surface area contributed by atoms with Crippen molar-refractivity contribution < 1.29 is 9.90 Å². The second kappa shape index (κ2) is 7.40. The van der Waals surface area contributed by atoms with Gasteiger partial charge in [0.15, 0.2) is 0 Å². The summed E-state index contributed by atoms with van der Waals surface area (Å²) in [5.74, 6) is 4.99. The molecule has 0 aliphatic heterocycles. The maximum Gasteiger partial charge on any atom is 0.317 e. The van der Waals surface area contributed by atoms with Gasteiger partial charge in [-0.25, -0.2) is 0 Å². The van der Waals surface area contributed by atoms with Crippen LogP contribution in [0.1, 0.15) is 33.6 Å². The van der Waals surface area contributed by atoms with Crippen LogP contribution in [0.5, 0.6) is 0 Å². The molecule has 0 fully saturated rings. The van der Waals surface area contributed by atoms with Crippen LogP contribution in [-0.4, -0.2) is 35.1 Å². The van der Waals surface area contributed by atoms with E-state index in [-0.39, 0.29) is 6.54 Å². The van der Waals surface area contributed by atoms with E-state index in [1.54, 1.807) is 6.92 Å². The normalized spacial score (nSPS) is 12.0. The van der Waals surface area contributed by atoms with Crippen molar-refractivity contribution in [2.24, 2.45) is 0 Å². The number of hydrogen-bond donors (Lipinski definition) is 1. The summed E-state index contributed by atoms with van der Waals surface area (Å²) in [7, 11) is 0. The van der Waals surface area contributed by atoms with Crippen molar-refractivity contribution in [3.8, 4) is 11.8 Å². The second-order valence-corrected chi connectivity index (χ2v) is 3.30. The van der Waals surface area contributed by atoms with E-state index in [2.05, 4.69) is 18.8 Å². The molecule has 0 amide bonds. The summed E-state index contributed by atoms with van der Waals surface area (Å²) >= 11 is 0. The lowest BCUT2D eigenvalue weighted by Gasteiger charge is -2.25. The number of aliphatic carboxylic acids is 1. The zero-order valence-corrected chi connectivity index (χ0v) is 9.21. The highest BCUT2D eigenvalue weighted by molar-refractivity contribution is 5.69. The van der Waals surface area contributed by atoms with E-state index in [9.17, 15) is 4.79 Å². The topological polar surface area (TPSA) is 40.5 Å². The molecule has 0 heterocycles. The summed E-state index contributed by atoms with van der Waals surface area (Å²) in [4.78, 5) is 12.5. The number of carboxylic acids is 1. The Morgan fingerprint density at radius 1 is 1.57 bits per heavy atom. The van der Waals surface area contributed by atoms with Crippen molar-refractivity contribution >= 4 is 5.97 Å². The van der Waals surface area contributed by atoms with Crippen LogP contribution >= 0.6 is 0 Å². The average Bonchev–Trinajstić information content (AvgIpc) is 2.15. The molecule has 1 atom stereocenters. The molecule has 0 aromatic carbocycles. The Hall–Kier alpha value is -1.01. The van der Waals surface area contributed by atoms with Gasteiger partial charge in [-0.15, -0.1) is 11.8 Å². The lowest BCUT2D eigenvalue weighted by Crippen LogP contribution is -2.37. The minimum Gasteiger partial charge on any atom is -0.480 e. The van der Waals surface area contributed by atoms with E-state index < -0.39 is 5.97 Å². The highest BCUT2D eigenvalue weighted by Gasteiger charge is 2.14. The summed E-state index contributed by atoms with van der Waals surface area (Å²) in [6.45, 7) is 6.75. The van der Waals surface area contributed by atoms with Crippen molar-refractivity contribution in [3.05, 3.63) is 0 Å². The third kappa shape index (κ3) is 5.60. The van der Waals surface area contributed by atoms with Crippen molar-refractivity contribution in [1.82, 2.24) is 4.90 Å². The van der Waals surface area contributed by atoms with Gasteiger partial charge in [0.1, 0.15) is 0 Å². The van der Waals surface area contributed by atoms with E-state index in [0.29, 0.717) is 6.04 Å². The fraction of sp³-hybridized carbons (Fsp3) is 0.727. The number of hydrogen-bond acceptors (Lipinski definition) is 2. The smallest absolute Gasteiger partial charge is 0.317 e. The van der Waals surface area contributed by atoms with Gasteiger partial charge in [-0.3, -0.25) is 9.69 Å². The minimum absolute atomic E-state index is 0.112. The molecule has 0 saturated heterocycles. The summed E-state index contributed by atoms with van der Waals surface area (Å²) in [6, 6.07) is 0.310. The lowest BCUT2D eigenvalue weighted by molar-refractivity contribution is -0.138. The highest BCUT2D eigenvalue weighted by Crippen LogP contribution is 2.03. The molecule has 3 nitrogen and oxygen atoms in total. The molecule has 0 aromatic heterocycles. The Bertz CT molecular complexity index is 227. The molecular weight excluding hydrogens is 178 g/mol. The van der Waals surface area contributed by atoms with Gasteiger partial charge in [0.25, 0.3) is 0 Å². The van der Waals surface area contributed by atoms with Crippen molar-refractivity contribution in [2.75, 3.05) is 13.1 Å². The number of rotatable bonds is 6. The largest absolute Gasteiger partial charge is 0.480 e. The number of carboxylic acid groups (broad SMARTS) is 1. The van der Waals surface area contributed by atoms with Crippen LogP contribution in [0.4, 0.5) is 0 Å². The standard InChI is InChI=1S/C11H19NO2/c1-4-6-7-8-12(9-11(13)14)10(3)5-2/h10H,5,7-9H2,1-3H3,(H,13,14). The highest BCUT2D eigenvalue weighted by atomic mass is 16.4. The molecule has 0 saturated carbocycles. The van der Waals surface area contributed by atoms with Gasteiger partial charge in [-0.05, 0) is 20.3 Å². The summed E-state index contributed by atoms with van der Waals surface area (Å²) in [5, 5.41) is 8.71. The Balaban J connectivity index is 4.07. The summed E-state index contributed by atoms with van der Waals surface area (Å²) in [6.07, 6.45) is 1.71. The van der Waals surface area contributed by atoms with E-state index in [1.807, 2.05) is 11.8 Å². The lowest BCUT2D eigenvalue weighted by atomic mass is 10.2. The van der Waals surface area contributed by atoms with Crippen LogP contribution in [0.2, 0.25) is 0 Å². The molecule has 0 bridgehead atoms. The monoisotopic (exact) mass is 197 g/mol. The molecule has 0 spiro atoms. The Morgan fingerprint density at radius 3 is 2.64 bits per heavy atom. The van der Waals surface area contributed by atoms with Gasteiger partial charge in [0.05, 0.1) is 6.54 Å². The fourth-order valence-corrected chi connectivity index (χ4v) is 1.21. The first kappa shape index (κ1) is 13.0. The Labute approximate surface area is 86.1 Å². The van der Waals surface area contributed by atoms with Crippen molar-refractivity contribution in [3.63, 3.8) is 0 Å².